The number of pyridine rings is 1. The van der Waals surface area contributed by atoms with Crippen LogP contribution >= 0.6 is 0 Å². The molecule has 0 aliphatic carbocycles. The summed E-state index contributed by atoms with van der Waals surface area (Å²) < 4.78 is 48.2. The van der Waals surface area contributed by atoms with E-state index in [1.54, 1.807) is 32.0 Å². The molecule has 1 aliphatic rings. The number of hydrogen-bond acceptors (Lipinski definition) is 7. The van der Waals surface area contributed by atoms with Crippen LogP contribution in [0, 0.1) is 18.6 Å². The molecular formula is C31H24F2N4O6. The summed E-state index contributed by atoms with van der Waals surface area (Å²) in [5.41, 5.74) is -0.766. The molecule has 43 heavy (non-hydrogen) atoms. The first-order chi connectivity index (χ1) is 20.7. The van der Waals surface area contributed by atoms with Gasteiger partial charge in [-0.1, -0.05) is 0 Å². The fraction of sp³-hybridized carbons (Fsp3) is 0.161. The minimum Gasteiger partial charge on any atom is -0.486 e. The van der Waals surface area contributed by atoms with E-state index in [0.717, 1.165) is 29.0 Å². The molecule has 0 unspecified atom stereocenters. The van der Waals surface area contributed by atoms with Gasteiger partial charge in [-0.15, -0.1) is 0 Å². The van der Waals surface area contributed by atoms with E-state index in [2.05, 4.69) is 10.3 Å². The van der Waals surface area contributed by atoms with Crippen LogP contribution in [0.4, 0.5) is 14.5 Å². The van der Waals surface area contributed by atoms with Gasteiger partial charge in [0, 0.05) is 30.7 Å². The number of aryl methyl sites for hydroxylation is 2. The third-order valence-electron chi connectivity index (χ3n) is 6.95. The monoisotopic (exact) mass is 586 g/mol. The highest BCUT2D eigenvalue weighted by molar-refractivity contribution is 6.04. The highest BCUT2D eigenvalue weighted by Crippen LogP contribution is 2.43. The Morgan fingerprint density at radius 2 is 1.79 bits per heavy atom. The van der Waals surface area contributed by atoms with Gasteiger partial charge in [-0.25, -0.2) is 18.1 Å². The lowest BCUT2D eigenvalue weighted by molar-refractivity contribution is 0.102. The fourth-order valence-electron chi connectivity index (χ4n) is 4.78. The molecule has 0 saturated carbocycles. The van der Waals surface area contributed by atoms with Crippen molar-refractivity contribution in [2.75, 3.05) is 18.5 Å². The highest BCUT2D eigenvalue weighted by atomic mass is 19.1. The van der Waals surface area contributed by atoms with E-state index in [1.807, 2.05) is 0 Å². The van der Waals surface area contributed by atoms with E-state index >= 15 is 4.39 Å². The Balaban J connectivity index is 1.33. The van der Waals surface area contributed by atoms with Gasteiger partial charge in [-0.05, 0) is 67.9 Å². The molecule has 0 saturated heterocycles. The summed E-state index contributed by atoms with van der Waals surface area (Å²) in [5.74, 6) is -1.03. The standard InChI is InChI=1S/C31H24F2N4O6/c1-3-36-16-20(30(39)37(31(36)40)19-6-4-18(32)5-7-19)29(38)35-23-15-21(33)26(14-17(23)2)43-24-10-11-34-22-8-9-25-28(27(22)24)42-13-12-41-25/h4-11,14-16H,3,12-13H2,1-2H3,(H,35,38). The molecular weight excluding hydrogens is 562 g/mol. The third kappa shape index (κ3) is 5.07. The Bertz CT molecular complexity index is 2020. The van der Waals surface area contributed by atoms with Gasteiger partial charge >= 0.3 is 5.69 Å². The van der Waals surface area contributed by atoms with Crippen molar-refractivity contribution in [3.05, 3.63) is 111 Å². The largest absolute Gasteiger partial charge is 0.486 e. The zero-order valence-corrected chi connectivity index (χ0v) is 23.0. The van der Waals surface area contributed by atoms with Gasteiger partial charge in [0.1, 0.15) is 30.3 Å². The highest BCUT2D eigenvalue weighted by Gasteiger charge is 2.22. The Morgan fingerprint density at radius 3 is 2.56 bits per heavy atom. The molecule has 6 rings (SSSR count). The van der Waals surface area contributed by atoms with Crippen LogP contribution in [0.5, 0.6) is 23.0 Å². The molecule has 3 heterocycles. The summed E-state index contributed by atoms with van der Waals surface area (Å²) in [7, 11) is 0. The van der Waals surface area contributed by atoms with Crippen LogP contribution in [-0.4, -0.2) is 33.2 Å². The third-order valence-corrected chi connectivity index (χ3v) is 6.95. The Labute approximate surface area is 242 Å². The quantitative estimate of drug-likeness (QED) is 0.299. The van der Waals surface area contributed by atoms with Crippen molar-refractivity contribution in [2.24, 2.45) is 0 Å². The van der Waals surface area contributed by atoms with E-state index < -0.39 is 28.8 Å². The number of rotatable bonds is 6. The van der Waals surface area contributed by atoms with Gasteiger partial charge in [0.25, 0.3) is 11.5 Å². The Hall–Kier alpha value is -5.52. The number of carbonyl (C=O) groups is 1. The van der Waals surface area contributed by atoms with Crippen LogP contribution in [0.15, 0.2) is 76.6 Å². The molecule has 3 aromatic carbocycles. The topological polar surface area (TPSA) is 114 Å². The lowest BCUT2D eigenvalue weighted by Gasteiger charge is -2.21. The van der Waals surface area contributed by atoms with Gasteiger partial charge < -0.3 is 19.5 Å². The maximum Gasteiger partial charge on any atom is 0.335 e. The first-order valence-corrected chi connectivity index (χ1v) is 13.3. The predicted molar refractivity (Wildman–Crippen MR) is 154 cm³/mol. The minimum absolute atomic E-state index is 0.0885. The van der Waals surface area contributed by atoms with Crippen LogP contribution in [0.2, 0.25) is 0 Å². The molecule has 5 aromatic rings. The van der Waals surface area contributed by atoms with Crippen LogP contribution in [-0.2, 0) is 6.54 Å². The fourth-order valence-corrected chi connectivity index (χ4v) is 4.78. The number of aromatic nitrogens is 3. The van der Waals surface area contributed by atoms with E-state index in [-0.39, 0.29) is 29.2 Å². The molecule has 0 fully saturated rings. The van der Waals surface area contributed by atoms with E-state index in [4.69, 9.17) is 14.2 Å². The van der Waals surface area contributed by atoms with Crippen molar-refractivity contribution >= 4 is 22.5 Å². The lowest BCUT2D eigenvalue weighted by Crippen LogP contribution is -2.42. The van der Waals surface area contributed by atoms with Crippen molar-refractivity contribution in [1.29, 1.82) is 0 Å². The number of nitrogens with zero attached hydrogens (tertiary/aromatic N) is 3. The van der Waals surface area contributed by atoms with E-state index in [0.29, 0.717) is 46.9 Å². The summed E-state index contributed by atoms with van der Waals surface area (Å²) in [6, 6.07) is 12.3. The lowest BCUT2D eigenvalue weighted by atomic mass is 10.1. The Morgan fingerprint density at radius 1 is 1.02 bits per heavy atom. The summed E-state index contributed by atoms with van der Waals surface area (Å²) in [5, 5.41) is 3.08. The van der Waals surface area contributed by atoms with Crippen molar-refractivity contribution in [3.63, 3.8) is 0 Å². The maximum absolute atomic E-state index is 15.4. The number of nitrogens with one attached hydrogen (secondary N) is 1. The van der Waals surface area contributed by atoms with Gasteiger partial charge in [0.15, 0.2) is 23.1 Å². The molecule has 0 atom stereocenters. The molecule has 0 bridgehead atoms. The summed E-state index contributed by atoms with van der Waals surface area (Å²) in [6.07, 6.45) is 2.67. The second-order valence-electron chi connectivity index (χ2n) is 9.68. The predicted octanol–water partition coefficient (Wildman–Crippen LogP) is 4.97. The zero-order chi connectivity index (χ0) is 30.2. The maximum atomic E-state index is 15.4. The SMILES string of the molecule is CCn1cc(C(=O)Nc2cc(F)c(Oc3ccnc4ccc5c(c34)OCCO5)cc2C)c(=O)n(-c2ccc(F)cc2)c1=O. The second kappa shape index (κ2) is 11.0. The number of anilines is 1. The molecule has 12 heteroatoms. The molecule has 1 N–H and O–H groups in total. The number of ether oxygens (including phenoxy) is 3. The molecule has 1 aliphatic heterocycles. The second-order valence-corrected chi connectivity index (χ2v) is 9.68. The van der Waals surface area contributed by atoms with Crippen molar-refractivity contribution in [3.8, 4) is 28.7 Å². The smallest absolute Gasteiger partial charge is 0.335 e. The van der Waals surface area contributed by atoms with E-state index in [9.17, 15) is 18.8 Å². The average molecular weight is 587 g/mol. The molecule has 2 aromatic heterocycles. The van der Waals surface area contributed by atoms with Crippen LogP contribution in [0.1, 0.15) is 22.8 Å². The van der Waals surface area contributed by atoms with E-state index in [1.165, 1.54) is 29.0 Å². The van der Waals surface area contributed by atoms with Crippen LogP contribution in [0.25, 0.3) is 16.6 Å². The summed E-state index contributed by atoms with van der Waals surface area (Å²) in [6.45, 7) is 4.20. The van der Waals surface area contributed by atoms with Gasteiger partial charge in [0.2, 0.25) is 0 Å². The van der Waals surface area contributed by atoms with Gasteiger partial charge in [-0.3, -0.25) is 19.1 Å². The summed E-state index contributed by atoms with van der Waals surface area (Å²) in [4.78, 5) is 43.8. The number of fused-ring (bicyclic) bond motifs is 3. The molecule has 1 amide bonds. The molecule has 218 valence electrons. The number of benzene rings is 3. The molecule has 10 nitrogen and oxygen atoms in total. The Kier molecular flexibility index (Phi) is 7.10. The minimum atomic E-state index is -0.906. The number of carbonyl (C=O) groups excluding carboxylic acids is 1. The molecule has 0 radical (unpaired) electrons. The van der Waals surface area contributed by atoms with Gasteiger partial charge in [0.05, 0.1) is 16.6 Å². The number of hydrogen-bond donors (Lipinski definition) is 1. The normalized spacial score (nSPS) is 12.3. The van der Waals surface area contributed by atoms with Crippen molar-refractivity contribution in [2.45, 2.75) is 20.4 Å². The zero-order valence-electron chi connectivity index (χ0n) is 23.0. The van der Waals surface area contributed by atoms with Gasteiger partial charge in [-0.2, -0.15) is 0 Å². The molecule has 0 spiro atoms. The number of halogens is 2. The first kappa shape index (κ1) is 27.6. The van der Waals surface area contributed by atoms with Crippen molar-refractivity contribution < 1.29 is 27.8 Å². The number of amides is 1. The van der Waals surface area contributed by atoms with Crippen LogP contribution < -0.4 is 30.8 Å². The van der Waals surface area contributed by atoms with Crippen molar-refractivity contribution in [1.82, 2.24) is 14.1 Å². The average Bonchev–Trinajstić information content (AvgIpc) is 3.00. The van der Waals surface area contributed by atoms with Crippen LogP contribution in [0.3, 0.4) is 0 Å². The summed E-state index contributed by atoms with van der Waals surface area (Å²) >= 11 is 0. The first-order valence-electron chi connectivity index (χ1n) is 13.3.